The van der Waals surface area contributed by atoms with E-state index in [0.29, 0.717) is 0 Å². The molecule has 0 saturated heterocycles. The van der Waals surface area contributed by atoms with Crippen LogP contribution < -0.4 is 0 Å². The fraction of sp³-hybridized carbons (Fsp3) is 0.333. The van der Waals surface area contributed by atoms with E-state index in [1.807, 2.05) is 0 Å². The van der Waals surface area contributed by atoms with Crippen LogP contribution in [0.1, 0.15) is 24.6 Å². The van der Waals surface area contributed by atoms with Gasteiger partial charge in [0.2, 0.25) is 0 Å². The highest BCUT2D eigenvalue weighted by Gasteiger charge is 2.18. The Balaban J connectivity index is 2.27. The summed E-state index contributed by atoms with van der Waals surface area (Å²) in [4.78, 5) is 0. The second-order valence-corrected chi connectivity index (χ2v) is 4.67. The summed E-state index contributed by atoms with van der Waals surface area (Å²) in [5, 5.41) is 1.39. The fourth-order valence-corrected chi connectivity index (χ4v) is 2.74. The van der Waals surface area contributed by atoms with Gasteiger partial charge in [0.15, 0.2) is 0 Å². The molecule has 1 aliphatic carbocycles. The van der Waals surface area contributed by atoms with E-state index in [0.717, 1.165) is 5.92 Å². The monoisotopic (exact) mass is 211 g/mol. The molecule has 1 atom stereocenters. The average molecular weight is 211 g/mol. The molecule has 0 amide bonds. The predicted octanol–water partition coefficient (Wildman–Crippen LogP) is 3.77. The summed E-state index contributed by atoms with van der Waals surface area (Å²) >= 11 is 0. The van der Waals surface area contributed by atoms with Gasteiger partial charge in [-0.1, -0.05) is 37.3 Å². The van der Waals surface area contributed by atoms with E-state index < -0.39 is 0 Å². The number of aryl methyl sites for hydroxylation is 1. The molecule has 1 heteroatoms. The van der Waals surface area contributed by atoms with E-state index in [-0.39, 0.29) is 0 Å². The van der Waals surface area contributed by atoms with Crippen molar-refractivity contribution in [2.75, 3.05) is 0 Å². The summed E-state index contributed by atoms with van der Waals surface area (Å²) in [5.74, 6) is 0.718. The van der Waals surface area contributed by atoms with Crippen LogP contribution in [0.4, 0.5) is 0 Å². The van der Waals surface area contributed by atoms with Crippen molar-refractivity contribution in [3.63, 3.8) is 0 Å². The summed E-state index contributed by atoms with van der Waals surface area (Å²) in [6.07, 6.45) is 7.11. The molecule has 0 N–H and O–H groups in total. The van der Waals surface area contributed by atoms with Crippen molar-refractivity contribution >= 4 is 17.0 Å². The minimum absolute atomic E-state index is 0.718. The van der Waals surface area contributed by atoms with Gasteiger partial charge in [-0.2, -0.15) is 0 Å². The Labute approximate surface area is 96.4 Å². The normalized spacial score (nSPS) is 19.0. The summed E-state index contributed by atoms with van der Waals surface area (Å²) in [6.45, 7) is 2.27. The molecule has 82 valence electrons. The number of benzene rings is 1. The van der Waals surface area contributed by atoms with Gasteiger partial charge in [0.05, 0.1) is 0 Å². The minimum atomic E-state index is 0.718. The third kappa shape index (κ3) is 1.24. The van der Waals surface area contributed by atoms with Crippen LogP contribution in [0.5, 0.6) is 0 Å². The van der Waals surface area contributed by atoms with Crippen LogP contribution >= 0.6 is 0 Å². The zero-order valence-corrected chi connectivity index (χ0v) is 9.90. The number of allylic oxidation sites excluding steroid dienone is 1. The lowest BCUT2D eigenvalue weighted by Crippen LogP contribution is -2.08. The van der Waals surface area contributed by atoms with E-state index in [9.17, 15) is 0 Å². The van der Waals surface area contributed by atoms with Crippen molar-refractivity contribution in [1.29, 1.82) is 0 Å². The second kappa shape index (κ2) is 3.51. The van der Waals surface area contributed by atoms with Gasteiger partial charge in [0.1, 0.15) is 0 Å². The molecule has 1 aromatic carbocycles. The molecule has 1 nitrogen and oxygen atoms in total. The van der Waals surface area contributed by atoms with Crippen LogP contribution in [-0.2, 0) is 13.5 Å². The number of hydrogen-bond acceptors (Lipinski definition) is 0. The van der Waals surface area contributed by atoms with Crippen LogP contribution in [0.2, 0.25) is 0 Å². The molecule has 1 aromatic heterocycles. The molecule has 16 heavy (non-hydrogen) atoms. The first-order valence-electron chi connectivity index (χ1n) is 6.05. The molecule has 0 aliphatic heterocycles. The van der Waals surface area contributed by atoms with Crippen LogP contribution in [0.25, 0.3) is 17.0 Å². The lowest BCUT2D eigenvalue weighted by atomic mass is 9.91. The summed E-state index contributed by atoms with van der Waals surface area (Å²) in [7, 11) is 2.19. The molecular formula is C15H17N. The molecular weight excluding hydrogens is 194 g/mol. The largest absolute Gasteiger partial charge is 0.347 e. The van der Waals surface area contributed by atoms with Gasteiger partial charge >= 0.3 is 0 Å². The summed E-state index contributed by atoms with van der Waals surface area (Å²) in [5.41, 5.74) is 4.28. The van der Waals surface area contributed by atoms with Crippen LogP contribution in [0, 0.1) is 5.92 Å². The van der Waals surface area contributed by atoms with Crippen molar-refractivity contribution in [2.24, 2.45) is 13.0 Å². The van der Waals surface area contributed by atoms with Crippen LogP contribution in [0.3, 0.4) is 0 Å². The average Bonchev–Trinajstić information content (AvgIpc) is 2.64. The van der Waals surface area contributed by atoms with E-state index >= 15 is 0 Å². The van der Waals surface area contributed by atoms with Gasteiger partial charge in [-0.05, 0) is 24.8 Å². The fourth-order valence-electron chi connectivity index (χ4n) is 2.74. The molecule has 0 spiro atoms. The highest BCUT2D eigenvalue weighted by Crippen LogP contribution is 2.32. The molecule has 0 radical (unpaired) electrons. The van der Waals surface area contributed by atoms with E-state index in [1.54, 1.807) is 0 Å². The number of para-hydroxylation sites is 1. The Bertz CT molecular complexity index is 560. The van der Waals surface area contributed by atoms with Crippen molar-refractivity contribution in [3.8, 4) is 0 Å². The zero-order chi connectivity index (χ0) is 11.1. The summed E-state index contributed by atoms with van der Waals surface area (Å²) < 4.78 is 2.36. The molecule has 2 aromatic rings. The summed E-state index contributed by atoms with van der Waals surface area (Å²) in [6, 6.07) is 8.68. The van der Waals surface area contributed by atoms with Crippen molar-refractivity contribution in [2.45, 2.75) is 19.8 Å². The zero-order valence-electron chi connectivity index (χ0n) is 9.90. The van der Waals surface area contributed by atoms with Crippen LogP contribution in [-0.4, -0.2) is 4.57 Å². The number of aromatic nitrogens is 1. The minimum Gasteiger partial charge on any atom is -0.347 e. The Morgan fingerprint density at radius 2 is 2.12 bits per heavy atom. The molecule has 1 aliphatic rings. The predicted molar refractivity (Wildman–Crippen MR) is 69.4 cm³/mol. The van der Waals surface area contributed by atoms with Crippen molar-refractivity contribution < 1.29 is 0 Å². The van der Waals surface area contributed by atoms with Crippen molar-refractivity contribution in [3.05, 3.63) is 41.6 Å². The van der Waals surface area contributed by atoms with Gasteiger partial charge in [0, 0.05) is 29.2 Å². The lowest BCUT2D eigenvalue weighted by Gasteiger charge is -2.16. The first kappa shape index (κ1) is 9.71. The second-order valence-electron chi connectivity index (χ2n) is 4.67. The number of nitrogens with zero attached hydrogens (tertiary/aromatic N) is 1. The van der Waals surface area contributed by atoms with Gasteiger partial charge in [-0.3, -0.25) is 0 Å². The van der Waals surface area contributed by atoms with Gasteiger partial charge < -0.3 is 4.57 Å². The lowest BCUT2D eigenvalue weighted by molar-refractivity contribution is 0.597. The molecule has 0 saturated carbocycles. The maximum Gasteiger partial charge on any atom is 0.0486 e. The highest BCUT2D eigenvalue weighted by molar-refractivity contribution is 5.91. The quantitative estimate of drug-likeness (QED) is 0.676. The van der Waals surface area contributed by atoms with Gasteiger partial charge in [-0.15, -0.1) is 0 Å². The Morgan fingerprint density at radius 1 is 1.31 bits per heavy atom. The van der Waals surface area contributed by atoms with Crippen molar-refractivity contribution in [1.82, 2.24) is 4.57 Å². The molecule has 3 rings (SSSR count). The standard InChI is InChI=1S/C15H17N/c1-3-11-8-9-13-12-6-4-5-7-14(12)16(2)15(13)10-11/h4-9,11H,3,10H2,1-2H3. The maximum absolute atomic E-state index is 2.37. The SMILES string of the molecule is CCC1C=Cc2c(n(C)c3ccccc23)C1. The smallest absolute Gasteiger partial charge is 0.0486 e. The van der Waals surface area contributed by atoms with E-state index in [2.05, 4.69) is 55.0 Å². The topological polar surface area (TPSA) is 4.93 Å². The van der Waals surface area contributed by atoms with Gasteiger partial charge in [0.25, 0.3) is 0 Å². The van der Waals surface area contributed by atoms with E-state index in [4.69, 9.17) is 0 Å². The van der Waals surface area contributed by atoms with Crippen LogP contribution in [0.15, 0.2) is 30.3 Å². The first-order chi connectivity index (χ1) is 7.81. The first-order valence-corrected chi connectivity index (χ1v) is 6.05. The molecule has 0 fully saturated rings. The maximum atomic E-state index is 2.37. The third-order valence-corrected chi connectivity index (χ3v) is 3.79. The van der Waals surface area contributed by atoms with E-state index in [1.165, 1.54) is 35.0 Å². The van der Waals surface area contributed by atoms with Gasteiger partial charge in [-0.25, -0.2) is 0 Å². The number of hydrogen-bond donors (Lipinski definition) is 0. The Morgan fingerprint density at radius 3 is 2.94 bits per heavy atom. The third-order valence-electron chi connectivity index (χ3n) is 3.79. The number of rotatable bonds is 1. The highest BCUT2D eigenvalue weighted by atomic mass is 14.9. The molecule has 1 heterocycles. The number of fused-ring (bicyclic) bond motifs is 3. The molecule has 0 bridgehead atoms. The molecule has 1 unspecified atom stereocenters. The Hall–Kier alpha value is -1.50. The Kier molecular flexibility index (Phi) is 2.13.